The molecule has 0 radical (unpaired) electrons. The Labute approximate surface area is 263 Å². The molecular formula is C33H32F3N7O3. The number of piperazine rings is 1. The summed E-state index contributed by atoms with van der Waals surface area (Å²) in [5.74, 6) is 0.263. The molecule has 0 spiro atoms. The van der Waals surface area contributed by atoms with E-state index in [0.717, 1.165) is 19.2 Å². The van der Waals surface area contributed by atoms with Gasteiger partial charge >= 0.3 is 6.18 Å². The molecule has 13 heteroatoms. The van der Waals surface area contributed by atoms with E-state index < -0.39 is 17.6 Å². The van der Waals surface area contributed by atoms with Crippen LogP contribution in [-0.4, -0.2) is 73.6 Å². The molecule has 1 fully saturated rings. The molecule has 6 rings (SSSR count). The van der Waals surface area contributed by atoms with Crippen LogP contribution in [-0.2, 0) is 19.8 Å². The number of fused-ring (bicyclic) bond motifs is 1. The zero-order valence-electron chi connectivity index (χ0n) is 25.5. The van der Waals surface area contributed by atoms with Gasteiger partial charge in [0.25, 0.3) is 11.8 Å². The first-order valence-corrected chi connectivity index (χ1v) is 14.6. The highest BCUT2D eigenvalue weighted by atomic mass is 19.4. The van der Waals surface area contributed by atoms with Crippen LogP contribution in [0.1, 0.15) is 27.0 Å². The number of nitrogens with zero attached hydrogens (tertiary/aromatic N) is 6. The number of likely N-dealkylation sites (N-methyl/N-ethyl adjacent to an activating group) is 1. The van der Waals surface area contributed by atoms with Crippen LogP contribution < -0.4 is 10.1 Å². The Morgan fingerprint density at radius 2 is 1.72 bits per heavy atom. The lowest BCUT2D eigenvalue weighted by Crippen LogP contribution is -2.44. The summed E-state index contributed by atoms with van der Waals surface area (Å²) in [6.07, 6.45) is -3.03. The fourth-order valence-corrected chi connectivity index (χ4v) is 5.26. The average Bonchev–Trinajstić information content (AvgIpc) is 3.40. The van der Waals surface area contributed by atoms with Gasteiger partial charge in [0, 0.05) is 62.7 Å². The molecule has 0 unspecified atom stereocenters. The molecule has 0 atom stereocenters. The number of anilines is 1. The number of aryl methyl sites for hydroxylation is 2. The number of phenolic OH excluding ortho intramolecular Hbond substituents is 1. The van der Waals surface area contributed by atoms with Gasteiger partial charge in [0.1, 0.15) is 11.5 Å². The number of aromatic nitrogens is 4. The minimum atomic E-state index is -4.62. The molecule has 5 aromatic rings. The van der Waals surface area contributed by atoms with Crippen molar-refractivity contribution < 1.29 is 27.8 Å². The smallest absolute Gasteiger partial charge is 0.416 e. The van der Waals surface area contributed by atoms with E-state index in [1.165, 1.54) is 24.3 Å². The molecule has 1 aliphatic rings. The lowest BCUT2D eigenvalue weighted by Gasteiger charge is -2.33. The summed E-state index contributed by atoms with van der Waals surface area (Å²) >= 11 is 0. The number of phenols is 1. The second-order valence-corrected chi connectivity index (χ2v) is 11.4. The highest BCUT2D eigenvalue weighted by Gasteiger charge is 2.34. The number of benzene rings is 3. The fourth-order valence-electron chi connectivity index (χ4n) is 5.26. The molecule has 238 valence electrons. The minimum absolute atomic E-state index is 0.104. The maximum atomic E-state index is 14.1. The first kappa shape index (κ1) is 31.0. The van der Waals surface area contributed by atoms with Crippen LogP contribution in [0, 0.1) is 6.92 Å². The Balaban J connectivity index is 1.25. The monoisotopic (exact) mass is 631 g/mol. The SMILES string of the molecule is Cc1ccc(Oc2nc(-c3ccc(O)cc3)nc3c2ncn3C)cc1NC(=O)c1ccc(CN2CCN(C)CC2)c(C(F)(F)F)c1. The van der Waals surface area contributed by atoms with Gasteiger partial charge in [-0.3, -0.25) is 9.69 Å². The molecule has 1 saturated heterocycles. The molecule has 10 nitrogen and oxygen atoms in total. The van der Waals surface area contributed by atoms with Crippen LogP contribution in [0.2, 0.25) is 0 Å². The molecule has 0 saturated carbocycles. The van der Waals surface area contributed by atoms with Gasteiger partial charge in [-0.1, -0.05) is 12.1 Å². The van der Waals surface area contributed by atoms with Crippen LogP contribution in [0.5, 0.6) is 17.4 Å². The molecular weight excluding hydrogens is 599 g/mol. The zero-order valence-corrected chi connectivity index (χ0v) is 25.5. The predicted octanol–water partition coefficient (Wildman–Crippen LogP) is 5.86. The molecule has 1 amide bonds. The van der Waals surface area contributed by atoms with Gasteiger partial charge in [-0.25, -0.2) is 9.97 Å². The first-order valence-electron chi connectivity index (χ1n) is 14.6. The number of nitrogens with one attached hydrogen (secondary N) is 1. The molecule has 46 heavy (non-hydrogen) atoms. The largest absolute Gasteiger partial charge is 0.508 e. The number of rotatable bonds is 7. The zero-order chi connectivity index (χ0) is 32.6. The Kier molecular flexibility index (Phi) is 8.36. The minimum Gasteiger partial charge on any atom is -0.508 e. The number of hydrogen-bond donors (Lipinski definition) is 2. The number of amides is 1. The Morgan fingerprint density at radius 1 is 0.978 bits per heavy atom. The summed E-state index contributed by atoms with van der Waals surface area (Å²) in [6, 6.07) is 15.1. The predicted molar refractivity (Wildman–Crippen MR) is 167 cm³/mol. The van der Waals surface area contributed by atoms with Gasteiger partial charge in [-0.15, -0.1) is 0 Å². The standard InChI is InChI=1S/C33H32F3N7O3/c1-20-4-11-25(46-32-28-30(42(3)19-37-28)39-29(40-32)21-7-9-24(44)10-8-21)17-27(20)38-31(45)22-5-6-23(26(16-22)33(34,35)36)18-43-14-12-41(2)13-15-43/h4-11,16-17,19,44H,12-15,18H2,1-3H3,(H,38,45). The Hall–Kier alpha value is -5.01. The molecule has 1 aliphatic heterocycles. The molecule has 0 aliphatic carbocycles. The summed E-state index contributed by atoms with van der Waals surface area (Å²) in [4.78, 5) is 30.9. The van der Waals surface area contributed by atoms with Crippen LogP contribution in [0.25, 0.3) is 22.6 Å². The van der Waals surface area contributed by atoms with Crippen molar-refractivity contribution in [3.05, 3.63) is 89.2 Å². The maximum Gasteiger partial charge on any atom is 0.416 e. The van der Waals surface area contributed by atoms with E-state index in [2.05, 4.69) is 25.2 Å². The fraction of sp³-hybridized carbons (Fsp3) is 0.273. The second-order valence-electron chi connectivity index (χ2n) is 11.4. The number of halogens is 3. The first-order chi connectivity index (χ1) is 21.9. The van der Waals surface area contributed by atoms with E-state index in [0.29, 0.717) is 52.6 Å². The van der Waals surface area contributed by atoms with E-state index in [4.69, 9.17) is 4.74 Å². The van der Waals surface area contributed by atoms with Crippen molar-refractivity contribution in [2.45, 2.75) is 19.6 Å². The Bertz CT molecular complexity index is 1900. The highest BCUT2D eigenvalue weighted by molar-refractivity contribution is 6.05. The summed E-state index contributed by atoms with van der Waals surface area (Å²) < 4.78 is 50.2. The molecule has 3 heterocycles. The summed E-state index contributed by atoms with van der Waals surface area (Å²) in [5, 5.41) is 12.4. The van der Waals surface area contributed by atoms with E-state index in [1.807, 2.05) is 11.9 Å². The molecule has 2 aromatic heterocycles. The average molecular weight is 632 g/mol. The maximum absolute atomic E-state index is 14.1. The molecule has 2 N–H and O–H groups in total. The van der Waals surface area contributed by atoms with Gasteiger partial charge in [-0.2, -0.15) is 18.2 Å². The van der Waals surface area contributed by atoms with Gasteiger partial charge in [0.2, 0.25) is 0 Å². The number of imidazole rings is 1. The number of hydrogen-bond acceptors (Lipinski definition) is 8. The number of ether oxygens (including phenoxy) is 1. The van der Waals surface area contributed by atoms with Crippen LogP contribution >= 0.6 is 0 Å². The lowest BCUT2D eigenvalue weighted by molar-refractivity contribution is -0.138. The van der Waals surface area contributed by atoms with E-state index >= 15 is 0 Å². The van der Waals surface area contributed by atoms with Crippen molar-refractivity contribution in [1.82, 2.24) is 29.3 Å². The van der Waals surface area contributed by atoms with Crippen molar-refractivity contribution in [2.75, 3.05) is 38.5 Å². The number of aromatic hydroxyl groups is 1. The topological polar surface area (TPSA) is 109 Å². The third-order valence-electron chi connectivity index (χ3n) is 7.99. The van der Waals surface area contributed by atoms with Gasteiger partial charge in [0.05, 0.1) is 11.9 Å². The second kappa shape index (κ2) is 12.4. The quantitative estimate of drug-likeness (QED) is 0.230. The molecule has 0 bridgehead atoms. The van der Waals surface area contributed by atoms with Crippen molar-refractivity contribution in [3.63, 3.8) is 0 Å². The van der Waals surface area contributed by atoms with Crippen molar-refractivity contribution in [1.29, 1.82) is 0 Å². The van der Waals surface area contributed by atoms with Crippen molar-refractivity contribution in [2.24, 2.45) is 7.05 Å². The third kappa shape index (κ3) is 6.65. The number of carbonyl (C=O) groups is 1. The third-order valence-corrected chi connectivity index (χ3v) is 7.99. The van der Waals surface area contributed by atoms with Crippen LogP contribution in [0.3, 0.4) is 0 Å². The number of carbonyl (C=O) groups excluding carboxylic acids is 1. The summed E-state index contributed by atoms with van der Waals surface area (Å²) in [5.41, 5.74) is 1.83. The lowest BCUT2D eigenvalue weighted by atomic mass is 10.0. The van der Waals surface area contributed by atoms with Gasteiger partial charge in [-0.05, 0) is 67.6 Å². The van der Waals surface area contributed by atoms with E-state index in [9.17, 15) is 23.1 Å². The van der Waals surface area contributed by atoms with Crippen molar-refractivity contribution >= 4 is 22.8 Å². The molecule has 3 aromatic carbocycles. The van der Waals surface area contributed by atoms with Gasteiger partial charge < -0.3 is 24.6 Å². The number of alkyl halides is 3. The van der Waals surface area contributed by atoms with Crippen LogP contribution in [0.4, 0.5) is 18.9 Å². The van der Waals surface area contributed by atoms with Crippen molar-refractivity contribution in [3.8, 4) is 28.8 Å². The van der Waals surface area contributed by atoms with E-state index in [1.54, 1.807) is 55.2 Å². The normalized spacial score (nSPS) is 14.5. The summed E-state index contributed by atoms with van der Waals surface area (Å²) in [7, 11) is 3.77. The highest BCUT2D eigenvalue weighted by Crippen LogP contribution is 2.35. The summed E-state index contributed by atoms with van der Waals surface area (Å²) in [6.45, 7) is 4.84. The Morgan fingerprint density at radius 3 is 2.43 bits per heavy atom. The van der Waals surface area contributed by atoms with Crippen LogP contribution in [0.15, 0.2) is 67.0 Å². The van der Waals surface area contributed by atoms with Gasteiger partial charge in [0.15, 0.2) is 17.0 Å². The van der Waals surface area contributed by atoms with E-state index in [-0.39, 0.29) is 29.3 Å².